The highest BCUT2D eigenvalue weighted by Gasteiger charge is 2.48. The molecule has 0 unspecified atom stereocenters. The fraction of sp³-hybridized carbons (Fsp3) is 0.238. The lowest BCUT2D eigenvalue weighted by atomic mass is 9.97. The Balaban J connectivity index is 1.69. The van der Waals surface area contributed by atoms with E-state index in [4.69, 9.17) is 15.0 Å². The van der Waals surface area contributed by atoms with Crippen LogP contribution in [-0.2, 0) is 10.4 Å². The van der Waals surface area contributed by atoms with E-state index in [9.17, 15) is 14.7 Å². The van der Waals surface area contributed by atoms with Crippen molar-refractivity contribution in [2.45, 2.75) is 12.0 Å². The van der Waals surface area contributed by atoms with Gasteiger partial charge in [-0.25, -0.2) is 4.98 Å². The molecule has 9 heteroatoms. The Labute approximate surface area is 172 Å². The summed E-state index contributed by atoms with van der Waals surface area (Å²) in [5, 5.41) is 14.8. The zero-order valence-electron chi connectivity index (χ0n) is 16.5. The number of nitrogens with zero attached hydrogens (tertiary/aromatic N) is 3. The molecule has 9 nitrogen and oxygen atoms in total. The summed E-state index contributed by atoms with van der Waals surface area (Å²) in [7, 11) is 3.07. The Morgan fingerprint density at radius 3 is 2.60 bits per heavy atom. The Hall–Kier alpha value is -3.72. The lowest BCUT2D eigenvalue weighted by Gasteiger charge is -2.16. The van der Waals surface area contributed by atoms with Crippen molar-refractivity contribution in [3.63, 3.8) is 0 Å². The minimum absolute atomic E-state index is 0.0372. The number of methoxy groups -OCH3 is 1. The first-order valence-corrected chi connectivity index (χ1v) is 9.24. The number of benzene rings is 1. The molecule has 0 radical (unpaired) electrons. The number of rotatable bonds is 5. The Morgan fingerprint density at radius 1 is 1.23 bits per heavy atom. The molecule has 154 valence electrons. The molecule has 3 N–H and O–H groups in total. The third-order valence-electron chi connectivity index (χ3n) is 5.19. The highest BCUT2D eigenvalue weighted by atomic mass is 16.5. The fourth-order valence-electron chi connectivity index (χ4n) is 3.47. The van der Waals surface area contributed by atoms with E-state index in [1.165, 1.54) is 12.0 Å². The zero-order valence-corrected chi connectivity index (χ0v) is 16.5. The number of likely N-dealkylation sites (N-methyl/N-ethyl adjacent to an activating group) is 1. The van der Waals surface area contributed by atoms with Crippen LogP contribution in [0.2, 0.25) is 0 Å². The first-order chi connectivity index (χ1) is 14.3. The molecule has 0 bridgehead atoms. The second kappa shape index (κ2) is 7.27. The van der Waals surface area contributed by atoms with Gasteiger partial charge in [0.1, 0.15) is 11.4 Å². The maximum absolute atomic E-state index is 12.3. The summed E-state index contributed by atoms with van der Waals surface area (Å²) < 4.78 is 10.4. The number of pyridine rings is 1. The van der Waals surface area contributed by atoms with Crippen molar-refractivity contribution in [3.8, 4) is 28.3 Å². The van der Waals surface area contributed by atoms with Crippen LogP contribution in [0.1, 0.15) is 22.7 Å². The summed E-state index contributed by atoms with van der Waals surface area (Å²) in [6, 6.07) is 12.2. The van der Waals surface area contributed by atoms with E-state index in [2.05, 4.69) is 10.1 Å². The minimum atomic E-state index is -1.70. The van der Waals surface area contributed by atoms with E-state index >= 15 is 0 Å². The van der Waals surface area contributed by atoms with Crippen LogP contribution in [0.25, 0.3) is 22.5 Å². The molecule has 1 aromatic carbocycles. The summed E-state index contributed by atoms with van der Waals surface area (Å²) in [6.45, 7) is 0.437. The summed E-state index contributed by atoms with van der Waals surface area (Å²) in [5.41, 5.74) is 6.14. The summed E-state index contributed by atoms with van der Waals surface area (Å²) >= 11 is 0. The Kier molecular flexibility index (Phi) is 4.75. The maximum atomic E-state index is 12.3. The van der Waals surface area contributed by atoms with Gasteiger partial charge in [0.2, 0.25) is 5.60 Å². The van der Waals surface area contributed by atoms with Gasteiger partial charge in [0.15, 0.2) is 11.5 Å². The number of hydrogen-bond acceptors (Lipinski definition) is 7. The van der Waals surface area contributed by atoms with Crippen LogP contribution in [0.5, 0.6) is 5.75 Å². The highest BCUT2D eigenvalue weighted by Crippen LogP contribution is 2.35. The molecule has 1 aliphatic rings. The minimum Gasteiger partial charge on any atom is -0.494 e. The second-order valence-electron chi connectivity index (χ2n) is 7.11. The molecule has 30 heavy (non-hydrogen) atoms. The van der Waals surface area contributed by atoms with E-state index in [-0.39, 0.29) is 17.9 Å². The molecule has 1 atom stereocenters. The number of aromatic nitrogens is 2. The first kappa shape index (κ1) is 19.6. The number of amides is 2. The molecule has 3 heterocycles. The third-order valence-corrected chi connectivity index (χ3v) is 5.19. The second-order valence-corrected chi connectivity index (χ2v) is 7.11. The van der Waals surface area contributed by atoms with Gasteiger partial charge in [-0.05, 0) is 18.2 Å². The smallest absolute Gasteiger partial charge is 0.271 e. The van der Waals surface area contributed by atoms with Crippen LogP contribution >= 0.6 is 0 Å². The predicted molar refractivity (Wildman–Crippen MR) is 106 cm³/mol. The van der Waals surface area contributed by atoms with Crippen LogP contribution in [0.3, 0.4) is 0 Å². The van der Waals surface area contributed by atoms with Gasteiger partial charge in [0.25, 0.3) is 11.8 Å². The van der Waals surface area contributed by atoms with Crippen molar-refractivity contribution in [1.82, 2.24) is 15.0 Å². The highest BCUT2D eigenvalue weighted by molar-refractivity contribution is 5.94. The van der Waals surface area contributed by atoms with E-state index in [0.717, 1.165) is 5.56 Å². The molecule has 4 rings (SSSR count). The van der Waals surface area contributed by atoms with Crippen LogP contribution in [0.15, 0.2) is 47.0 Å². The number of carbonyl (C=O) groups excluding carboxylic acids is 2. The van der Waals surface area contributed by atoms with Gasteiger partial charge in [-0.2, -0.15) is 0 Å². The van der Waals surface area contributed by atoms with E-state index in [1.54, 1.807) is 31.3 Å². The van der Waals surface area contributed by atoms with Gasteiger partial charge >= 0.3 is 0 Å². The SMILES string of the molecule is COc1ccc(-c2cccc(-c3cc([C@]4(O)CCN(C)C4=O)on3)c2)nc1C(N)=O. The number of likely N-dealkylation sites (tertiary alicyclic amines) is 1. The van der Waals surface area contributed by atoms with E-state index in [0.29, 0.717) is 29.2 Å². The number of aliphatic hydroxyl groups is 1. The molecule has 2 aromatic heterocycles. The van der Waals surface area contributed by atoms with Crippen LogP contribution in [0, 0.1) is 0 Å². The molecule has 3 aromatic rings. The Morgan fingerprint density at radius 2 is 1.97 bits per heavy atom. The average molecular weight is 408 g/mol. The van der Waals surface area contributed by atoms with Gasteiger partial charge in [-0.15, -0.1) is 0 Å². The van der Waals surface area contributed by atoms with Crippen LogP contribution in [-0.4, -0.2) is 52.7 Å². The van der Waals surface area contributed by atoms with Crippen molar-refractivity contribution >= 4 is 11.8 Å². The molecule has 0 spiro atoms. The third kappa shape index (κ3) is 3.18. The largest absolute Gasteiger partial charge is 0.494 e. The van der Waals surface area contributed by atoms with Gasteiger partial charge in [0, 0.05) is 37.2 Å². The molecule has 0 saturated carbocycles. The van der Waals surface area contributed by atoms with Gasteiger partial charge < -0.3 is 25.0 Å². The van der Waals surface area contributed by atoms with Crippen molar-refractivity contribution in [2.75, 3.05) is 20.7 Å². The quantitative estimate of drug-likeness (QED) is 0.655. The first-order valence-electron chi connectivity index (χ1n) is 9.24. The standard InChI is InChI=1S/C21H20N4O5/c1-25-9-8-21(28,20(25)27)17-11-15(24-30-17)13-5-3-4-12(10-13)14-6-7-16(29-2)18(23-14)19(22)26/h3-7,10-11,28H,8-9H2,1-2H3,(H2,22,26)/t21-/m1/s1. The molecule has 1 saturated heterocycles. The maximum Gasteiger partial charge on any atom is 0.271 e. The monoisotopic (exact) mass is 408 g/mol. The van der Waals surface area contributed by atoms with E-state index in [1.807, 2.05) is 18.2 Å². The summed E-state index contributed by atoms with van der Waals surface area (Å²) in [4.78, 5) is 29.7. The Bertz CT molecular complexity index is 1140. The number of hydrogen-bond donors (Lipinski definition) is 2. The molecule has 0 aliphatic carbocycles. The topological polar surface area (TPSA) is 132 Å². The normalized spacial score (nSPS) is 18.6. The number of primary amides is 1. The lowest BCUT2D eigenvalue weighted by molar-refractivity contribution is -0.144. The number of nitrogens with two attached hydrogens (primary N) is 1. The van der Waals surface area contributed by atoms with Crippen molar-refractivity contribution in [1.29, 1.82) is 0 Å². The summed E-state index contributed by atoms with van der Waals surface area (Å²) in [5.74, 6) is -0.704. The molecule has 1 fully saturated rings. The lowest BCUT2D eigenvalue weighted by Crippen LogP contribution is -2.35. The van der Waals surface area contributed by atoms with Gasteiger partial charge in [-0.3, -0.25) is 9.59 Å². The zero-order chi connectivity index (χ0) is 21.5. The van der Waals surface area contributed by atoms with Gasteiger partial charge in [0.05, 0.1) is 12.8 Å². The predicted octanol–water partition coefficient (Wildman–Crippen LogP) is 1.56. The van der Waals surface area contributed by atoms with Gasteiger partial charge in [-0.1, -0.05) is 23.4 Å². The van der Waals surface area contributed by atoms with E-state index < -0.39 is 17.4 Å². The van der Waals surface area contributed by atoms with Crippen LogP contribution in [0.4, 0.5) is 0 Å². The molecule has 1 aliphatic heterocycles. The van der Waals surface area contributed by atoms with Crippen molar-refractivity contribution in [3.05, 3.63) is 53.9 Å². The van der Waals surface area contributed by atoms with Crippen molar-refractivity contribution < 1.29 is 24.0 Å². The average Bonchev–Trinajstić information content (AvgIpc) is 3.36. The van der Waals surface area contributed by atoms with Crippen molar-refractivity contribution in [2.24, 2.45) is 5.73 Å². The summed E-state index contributed by atoms with van der Waals surface area (Å²) in [6.07, 6.45) is 0.239. The number of carbonyl (C=O) groups is 2. The molecule has 2 amide bonds. The fourth-order valence-corrected chi connectivity index (χ4v) is 3.47. The number of ether oxygens (including phenoxy) is 1. The van der Waals surface area contributed by atoms with Crippen LogP contribution < -0.4 is 10.5 Å². The molecular weight excluding hydrogens is 388 g/mol. The molecular formula is C21H20N4O5.